The first-order valence-electron chi connectivity index (χ1n) is 24.7. The first kappa shape index (κ1) is 64.5. The fourth-order valence-corrected chi connectivity index (χ4v) is 9.22. The number of quaternary nitrogens is 1. The van der Waals surface area contributed by atoms with Crippen LogP contribution in [0.3, 0.4) is 0 Å². The Bertz CT molecular complexity index is 1690. The van der Waals surface area contributed by atoms with Crippen LogP contribution in [-0.2, 0) is 38.5 Å². The first-order valence-corrected chi connectivity index (χ1v) is 25.6. The molecule has 6 N–H and O–H groups in total. The summed E-state index contributed by atoms with van der Waals surface area (Å²) in [6.45, 7) is 29.0. The molecule has 381 valence electrons. The summed E-state index contributed by atoms with van der Waals surface area (Å²) in [5, 5.41) is 28.1. The number of hydrogen-bond acceptors (Lipinski definition) is 9. The summed E-state index contributed by atoms with van der Waals surface area (Å²) in [7, 11) is -0.977. The van der Waals surface area contributed by atoms with E-state index in [4.69, 9.17) is 24.6 Å². The van der Waals surface area contributed by atoms with Crippen LogP contribution in [0.1, 0.15) is 144 Å². The average Bonchev–Trinajstić information content (AvgIpc) is 3.79. The van der Waals surface area contributed by atoms with E-state index in [-0.39, 0.29) is 55.1 Å². The van der Waals surface area contributed by atoms with Gasteiger partial charge in [-0.25, -0.2) is 0 Å². The van der Waals surface area contributed by atoms with Crippen molar-refractivity contribution < 1.29 is 68.4 Å². The molecule has 2 atom stereocenters. The summed E-state index contributed by atoms with van der Waals surface area (Å²) >= 11 is 0. The molecule has 2 fully saturated rings. The van der Waals surface area contributed by atoms with Crippen LogP contribution in [0.15, 0.2) is 84.1 Å². The molecule has 13 heteroatoms. The third-order valence-electron chi connectivity index (χ3n) is 12.3. The number of halogens is 1. The molecule has 1 saturated heterocycles. The van der Waals surface area contributed by atoms with Gasteiger partial charge >= 0.3 is 0 Å². The van der Waals surface area contributed by atoms with Crippen molar-refractivity contribution in [3.8, 4) is 0 Å². The fraction of sp³-hybridized carbons (Fsp3) is 0.630. The van der Waals surface area contributed by atoms with Crippen LogP contribution in [-0.4, -0.2) is 91.8 Å². The Balaban J connectivity index is 0.00000257. The third-order valence-corrected chi connectivity index (χ3v) is 12.5. The summed E-state index contributed by atoms with van der Waals surface area (Å²) in [4.78, 5) is 17.6. The number of nitrogens with one attached hydrogen (secondary N) is 1. The molecule has 1 aliphatic carbocycles. The van der Waals surface area contributed by atoms with Crippen LogP contribution in [0.2, 0.25) is 0 Å². The minimum absolute atomic E-state index is 0. The van der Waals surface area contributed by atoms with Gasteiger partial charge in [0, 0.05) is 84.0 Å². The maximum absolute atomic E-state index is 12.2. The molecular formula is C54H91ClN4O7V. The SMILES string of the molecule is CCO.CCO.CCO.CO[Cl+2]([O-])[O-].[CH2-]CCNC(=O)CCCC1CCN(C2/C(=C/C=C3/N(CCC)c4ccccc4C3(C)C)CCC2/C=C/CC(C)(C)c2ccccc2[NH2+]CCC)CC1.[V]. The Morgan fingerprint density at radius 2 is 1.55 bits per heavy atom. The number of aliphatic hydroxyl groups excluding tert-OH is 3. The van der Waals surface area contributed by atoms with Gasteiger partial charge in [0.1, 0.15) is 12.8 Å². The molecule has 2 aromatic rings. The van der Waals surface area contributed by atoms with Crippen molar-refractivity contribution in [3.63, 3.8) is 0 Å². The van der Waals surface area contributed by atoms with Gasteiger partial charge in [0.25, 0.3) is 10.8 Å². The van der Waals surface area contributed by atoms with E-state index in [1.165, 1.54) is 53.9 Å². The van der Waals surface area contributed by atoms with Crippen LogP contribution in [0.25, 0.3) is 0 Å². The number of piperidine rings is 1. The Hall–Kier alpha value is -2.52. The standard InChI is InChI=1S/C47H69N4O.3C2H6O.CH3ClO3.V/c1-8-31-48-41-21-13-11-19-39(41)46(4,5)30-16-18-37-24-25-38(26-27-43-47(6,7)40-20-12-14-22-42(40)51(43)33-10-3)45(37)50-34-28-36(29-35-50)17-15-23-44(52)49-32-9-2;3*1-2-3;1-5-2(3)4;/h11-14,16,18-22,26-27,36-37,45,48H,2,8-10,15,17,23-25,28-35H2,1,3-7H3,(H,49,52);3*3H,2H2,1H3;1H3;/q-1;;;;;/p+1/b18-16+,38-26+,43-27+;;;;;. The third kappa shape index (κ3) is 22.4. The topological polar surface area (TPSA) is 168 Å². The average molecular weight is 995 g/mol. The Morgan fingerprint density at radius 1 is 0.955 bits per heavy atom. The molecule has 67 heavy (non-hydrogen) atoms. The Kier molecular flexibility index (Phi) is 35.1. The van der Waals surface area contributed by atoms with Gasteiger partial charge in [0.15, 0.2) is 0 Å². The maximum Gasteiger partial charge on any atom is 0.285 e. The smallest absolute Gasteiger partial charge is 0.285 e. The molecule has 0 bridgehead atoms. The molecule has 1 radical (unpaired) electrons. The van der Waals surface area contributed by atoms with Crippen LogP contribution in [0.5, 0.6) is 0 Å². The molecule has 2 heterocycles. The van der Waals surface area contributed by atoms with Crippen molar-refractivity contribution >= 4 is 17.3 Å². The van der Waals surface area contributed by atoms with Gasteiger partial charge in [-0.3, -0.25) is 9.69 Å². The normalized spacial score (nSPS) is 19.0. The molecule has 1 amide bonds. The Morgan fingerprint density at radius 3 is 2.13 bits per heavy atom. The molecule has 0 aromatic heterocycles. The van der Waals surface area contributed by atoms with E-state index in [2.05, 4.69) is 146 Å². The van der Waals surface area contributed by atoms with Crippen molar-refractivity contribution in [3.05, 3.63) is 102 Å². The zero-order valence-corrected chi connectivity index (χ0v) is 45.2. The van der Waals surface area contributed by atoms with Gasteiger partial charge in [-0.1, -0.05) is 102 Å². The number of nitrogens with zero attached hydrogens (tertiary/aromatic N) is 2. The number of amides is 1. The zero-order chi connectivity index (χ0) is 49.5. The first-order chi connectivity index (χ1) is 31.6. The van der Waals surface area contributed by atoms with Crippen molar-refractivity contribution in [1.82, 2.24) is 10.2 Å². The van der Waals surface area contributed by atoms with Gasteiger partial charge in [-0.15, -0.1) is 0 Å². The number of allylic oxidation sites excluding steroid dienone is 4. The summed E-state index contributed by atoms with van der Waals surface area (Å²) in [6, 6.07) is 18.5. The fourth-order valence-electron chi connectivity index (χ4n) is 9.22. The van der Waals surface area contributed by atoms with Crippen molar-refractivity contribution in [1.29, 1.82) is 0 Å². The minimum Gasteiger partial charge on any atom is -0.397 e. The van der Waals surface area contributed by atoms with E-state index in [0.717, 1.165) is 71.8 Å². The summed E-state index contributed by atoms with van der Waals surface area (Å²) in [6.07, 6.45) is 21.8. The van der Waals surface area contributed by atoms with Crippen LogP contribution >= 0.6 is 0 Å². The number of nitrogens with two attached hydrogens (primary N) is 1. The quantitative estimate of drug-likeness (QED) is 0.0588. The molecule has 0 spiro atoms. The van der Waals surface area contributed by atoms with E-state index < -0.39 is 10.8 Å². The molecule has 1 saturated carbocycles. The van der Waals surface area contributed by atoms with Gasteiger partial charge < -0.3 is 47.1 Å². The number of anilines is 1. The monoisotopic (exact) mass is 994 g/mol. The molecule has 2 unspecified atom stereocenters. The van der Waals surface area contributed by atoms with Crippen LogP contribution in [0.4, 0.5) is 11.4 Å². The molecule has 5 rings (SSSR count). The van der Waals surface area contributed by atoms with Gasteiger partial charge in [0.05, 0.1) is 6.54 Å². The number of hydrogen-bond donors (Lipinski definition) is 5. The maximum atomic E-state index is 12.2. The van der Waals surface area contributed by atoms with Crippen LogP contribution < -0.4 is 24.9 Å². The van der Waals surface area contributed by atoms with E-state index >= 15 is 0 Å². The van der Waals surface area contributed by atoms with Crippen LogP contribution in [0, 0.1) is 29.5 Å². The number of aliphatic hydroxyl groups is 3. The number of para-hydroxylation sites is 2. The number of likely N-dealkylation sites (tertiary alicyclic amines) is 1. The molecular weight excluding hydrogens is 903 g/mol. The summed E-state index contributed by atoms with van der Waals surface area (Å²) in [5.74, 6) is 1.42. The number of carbonyl (C=O) groups excluding carboxylic acids is 1. The second-order valence-corrected chi connectivity index (χ2v) is 18.9. The molecule has 3 aliphatic rings. The van der Waals surface area contributed by atoms with Crippen molar-refractivity contribution in [2.75, 3.05) is 64.6 Å². The van der Waals surface area contributed by atoms with Gasteiger partial charge in [0.2, 0.25) is 5.91 Å². The summed E-state index contributed by atoms with van der Waals surface area (Å²) in [5.41, 5.74) is 8.76. The van der Waals surface area contributed by atoms with Crippen molar-refractivity contribution in [2.24, 2.45) is 11.8 Å². The number of fused-ring (bicyclic) bond motifs is 1. The van der Waals surface area contributed by atoms with E-state index in [1.54, 1.807) is 26.3 Å². The number of benzene rings is 2. The second-order valence-electron chi connectivity index (χ2n) is 18.2. The minimum atomic E-state index is -2.05. The second kappa shape index (κ2) is 36.4. The molecule has 2 aromatic carbocycles. The predicted molar refractivity (Wildman–Crippen MR) is 266 cm³/mol. The largest absolute Gasteiger partial charge is 0.397 e. The van der Waals surface area contributed by atoms with E-state index in [9.17, 15) is 4.79 Å². The predicted octanol–water partition coefficient (Wildman–Crippen LogP) is 7.25. The Labute approximate surface area is 422 Å². The van der Waals surface area contributed by atoms with E-state index in [0.29, 0.717) is 30.8 Å². The molecule has 2 aliphatic heterocycles. The number of carbonyl (C=O) groups is 1. The van der Waals surface area contributed by atoms with Gasteiger partial charge in [-0.05, 0) is 139 Å². The summed E-state index contributed by atoms with van der Waals surface area (Å²) < 4.78 is 21.8. The number of rotatable bonds is 18. The molecule has 11 nitrogen and oxygen atoms in total. The van der Waals surface area contributed by atoms with Crippen molar-refractivity contribution in [2.45, 2.75) is 150 Å². The zero-order valence-electron chi connectivity index (χ0n) is 43.1. The van der Waals surface area contributed by atoms with E-state index in [1.807, 2.05) is 0 Å². The van der Waals surface area contributed by atoms with Gasteiger partial charge in [-0.2, -0.15) is 6.42 Å².